The number of rotatable bonds is 27. The number of aromatic nitrogens is 3. The first-order chi connectivity index (χ1) is 34.9. The topological polar surface area (TPSA) is 296 Å². The van der Waals surface area contributed by atoms with E-state index in [1.165, 1.54) is 29.4 Å². The second kappa shape index (κ2) is 28.2. The van der Waals surface area contributed by atoms with Gasteiger partial charge in [0.25, 0.3) is 0 Å². The summed E-state index contributed by atoms with van der Waals surface area (Å²) in [6, 6.07) is 7.65. The minimum absolute atomic E-state index is 0.00904. The summed E-state index contributed by atoms with van der Waals surface area (Å²) in [6.07, 6.45) is 9.53. The lowest BCUT2D eigenvalue weighted by Gasteiger charge is -2.36. The molecule has 1 aliphatic heterocycles. The third kappa shape index (κ3) is 16.8. The van der Waals surface area contributed by atoms with Gasteiger partial charge in [-0.1, -0.05) is 96.6 Å². The maximum absolute atomic E-state index is 14.9. The van der Waals surface area contributed by atoms with Crippen molar-refractivity contribution in [3.63, 3.8) is 0 Å². The Morgan fingerprint density at radius 3 is 2.27 bits per heavy atom. The van der Waals surface area contributed by atoms with Crippen LogP contribution in [0.25, 0.3) is 0 Å². The molecule has 3 aromatic rings. The molecule has 20 nitrogen and oxygen atoms in total. The van der Waals surface area contributed by atoms with Crippen LogP contribution in [0.5, 0.6) is 0 Å². The number of H-pyrrole nitrogens is 1. The van der Waals surface area contributed by atoms with Crippen LogP contribution in [0.1, 0.15) is 122 Å². The van der Waals surface area contributed by atoms with E-state index in [1.807, 2.05) is 45.9 Å². The summed E-state index contributed by atoms with van der Waals surface area (Å²) >= 11 is 0. The number of imidazole rings is 1. The Kier molecular flexibility index (Phi) is 22.2. The number of likely N-dealkylation sites (N-methyl/N-ethyl adjacent to an activating group) is 1. The van der Waals surface area contributed by atoms with E-state index in [4.69, 9.17) is 5.73 Å². The fourth-order valence-electron chi connectivity index (χ4n) is 9.94. The summed E-state index contributed by atoms with van der Waals surface area (Å²) in [4.78, 5) is 106. The molecule has 5 rings (SSSR count). The number of carbonyl (C=O) groups is 7. The van der Waals surface area contributed by atoms with Crippen LogP contribution < -0.4 is 31.7 Å². The molecule has 9 N–H and O–H groups in total. The minimum Gasteiger partial charge on any atom is -0.618 e. The van der Waals surface area contributed by atoms with Crippen LogP contribution in [0.15, 0.2) is 67.3 Å². The number of nitrogens with zero attached hydrogens (tertiary/aromatic N) is 4. The van der Waals surface area contributed by atoms with Crippen molar-refractivity contribution in [3.05, 3.63) is 89.4 Å². The Morgan fingerprint density at radius 2 is 1.63 bits per heavy atom. The minimum atomic E-state index is -1.24. The van der Waals surface area contributed by atoms with Crippen molar-refractivity contribution < 1.29 is 48.5 Å². The molecule has 3 heterocycles. The number of carboxylic acids is 1. The van der Waals surface area contributed by atoms with E-state index < -0.39 is 89.7 Å². The van der Waals surface area contributed by atoms with Gasteiger partial charge in [0.15, 0.2) is 6.20 Å². The second-order valence-corrected chi connectivity index (χ2v) is 20.3. The summed E-state index contributed by atoms with van der Waals surface area (Å²) in [7, 11) is 1.48. The lowest BCUT2D eigenvalue weighted by Crippen LogP contribution is -2.59. The number of carboxylic acid groups (broad SMARTS) is 1. The average Bonchev–Trinajstić information content (AvgIpc) is 4.10. The van der Waals surface area contributed by atoms with E-state index >= 15 is 0 Å². The number of aliphatic hydroxyl groups is 1. The molecule has 2 aromatic heterocycles. The van der Waals surface area contributed by atoms with Crippen LogP contribution in [0.3, 0.4) is 0 Å². The molecular weight excluding hydrogens is 937 g/mol. The monoisotopic (exact) mass is 1010 g/mol. The molecule has 0 bridgehead atoms. The number of hydrogen-bond donors (Lipinski definition) is 8. The third-order valence-corrected chi connectivity index (χ3v) is 14.7. The van der Waals surface area contributed by atoms with Crippen molar-refractivity contribution in [1.29, 1.82) is 0 Å². The Morgan fingerprint density at radius 1 is 0.918 bits per heavy atom. The lowest BCUT2D eigenvalue weighted by molar-refractivity contribution is -0.614. The maximum atomic E-state index is 14.9. The zero-order chi connectivity index (χ0) is 53.2. The van der Waals surface area contributed by atoms with E-state index in [9.17, 15) is 49.0 Å². The van der Waals surface area contributed by atoms with Gasteiger partial charge in [-0.25, -0.2) is 4.98 Å². The number of aliphatic carboxylic acids is 1. The van der Waals surface area contributed by atoms with Gasteiger partial charge in [0.1, 0.15) is 36.8 Å². The van der Waals surface area contributed by atoms with Gasteiger partial charge in [-0.05, 0) is 61.5 Å². The number of likely N-dealkylation sites (tertiary alicyclic amines) is 1. The maximum Gasteiger partial charge on any atom is 0.320 e. The van der Waals surface area contributed by atoms with Crippen molar-refractivity contribution in [1.82, 2.24) is 41.0 Å². The molecule has 2 aliphatic rings. The third-order valence-electron chi connectivity index (χ3n) is 14.7. The summed E-state index contributed by atoms with van der Waals surface area (Å²) < 4.78 is 0.666. The van der Waals surface area contributed by atoms with Gasteiger partial charge < -0.3 is 57.2 Å². The van der Waals surface area contributed by atoms with Crippen molar-refractivity contribution >= 4 is 41.4 Å². The van der Waals surface area contributed by atoms with Gasteiger partial charge in [-0.15, -0.1) is 0 Å². The molecule has 0 spiro atoms. The van der Waals surface area contributed by atoms with Crippen LogP contribution in [-0.4, -0.2) is 127 Å². The Hall–Kier alpha value is -6.41. The number of aliphatic hydroxyl groups excluding tert-OH is 1. The SMILES string of the molecule is CC[C@H](C)[C@H](NC(=O)[C@@H](C[C@H](O)[C@H](CC1CCCCC1)NC(=O)[C@H](Cc1cnc[nH]1)N(C)C(=O)[C@H](Cc1ccccc1)NC(=O)[C@@H]1CCCN1C(=O)CC[C@H](N)C(=O)O)C(C)C)C(=O)NCc1cccc[n+]1[O-]. The molecule has 20 heteroatoms. The average molecular weight is 1020 g/mol. The molecule has 400 valence electrons. The van der Waals surface area contributed by atoms with Crippen molar-refractivity contribution in [2.24, 2.45) is 29.4 Å². The molecule has 2 fully saturated rings. The molecule has 1 saturated heterocycles. The predicted molar refractivity (Wildman–Crippen MR) is 271 cm³/mol. The highest BCUT2D eigenvalue weighted by Crippen LogP contribution is 2.30. The standard InChI is InChI=1S/C53H78N10O10/c1-6-34(4)47(51(69)56-31-38-20-13-14-25-63(38)73)60-48(66)39(33(2)3)29-45(64)41(26-35-16-9-7-10-17-35)58-50(68)44(28-37-30-55-32-57-37)61(5)52(70)42(27-36-18-11-8-12-19-36)59-49(67)43-21-15-24-62(43)46(65)23-22-40(54)53(71)72/h8,11-14,18-20,25,30,32-35,39-45,47,64H,6-7,9-10,15-17,21-24,26-29,31,54H2,1-5H3,(H,55,57)(H,56,69)(H,58,68)(H,59,67)(H,60,66)(H,71,72)/t34-,39-,40-,41-,42-,43-,44-,45-,47-/m0/s1. The second-order valence-electron chi connectivity index (χ2n) is 20.3. The Labute approximate surface area is 428 Å². The fraction of sp³-hybridized carbons (Fsp3) is 0.604. The highest BCUT2D eigenvalue weighted by molar-refractivity contribution is 5.95. The number of pyridine rings is 1. The van der Waals surface area contributed by atoms with Crippen molar-refractivity contribution in [2.45, 2.75) is 166 Å². The molecule has 0 radical (unpaired) electrons. The van der Waals surface area contributed by atoms with Crippen LogP contribution >= 0.6 is 0 Å². The van der Waals surface area contributed by atoms with Gasteiger partial charge in [0.05, 0.1) is 18.5 Å². The molecule has 6 amide bonds. The van der Waals surface area contributed by atoms with E-state index in [1.54, 1.807) is 36.5 Å². The van der Waals surface area contributed by atoms with E-state index in [0.717, 1.165) is 37.7 Å². The molecule has 9 atom stereocenters. The number of hydrogen-bond acceptors (Lipinski definition) is 11. The molecule has 73 heavy (non-hydrogen) atoms. The molecular formula is C53H78N10O10. The smallest absolute Gasteiger partial charge is 0.320 e. The van der Waals surface area contributed by atoms with Crippen LogP contribution in [0.4, 0.5) is 0 Å². The van der Waals surface area contributed by atoms with Gasteiger partial charge in [0.2, 0.25) is 41.1 Å². The van der Waals surface area contributed by atoms with Crippen molar-refractivity contribution in [2.75, 3.05) is 13.6 Å². The summed E-state index contributed by atoms with van der Waals surface area (Å²) in [6.45, 7) is 7.72. The molecule has 1 aliphatic carbocycles. The number of carbonyl (C=O) groups excluding carboxylic acids is 6. The number of aromatic amines is 1. The summed E-state index contributed by atoms with van der Waals surface area (Å²) in [5.74, 6) is -5.43. The van der Waals surface area contributed by atoms with E-state index in [-0.39, 0.29) is 62.9 Å². The Balaban J connectivity index is 1.38. The van der Waals surface area contributed by atoms with Gasteiger partial charge >= 0.3 is 5.97 Å². The predicted octanol–water partition coefficient (Wildman–Crippen LogP) is 2.65. The highest BCUT2D eigenvalue weighted by Gasteiger charge is 2.40. The zero-order valence-electron chi connectivity index (χ0n) is 43.0. The van der Waals surface area contributed by atoms with Crippen LogP contribution in [0.2, 0.25) is 0 Å². The number of nitrogens with one attached hydrogen (secondary N) is 5. The summed E-state index contributed by atoms with van der Waals surface area (Å²) in [5.41, 5.74) is 7.27. The summed E-state index contributed by atoms with van der Waals surface area (Å²) in [5, 5.41) is 45.6. The lowest BCUT2D eigenvalue weighted by atomic mass is 9.81. The molecule has 1 saturated carbocycles. The highest BCUT2D eigenvalue weighted by atomic mass is 16.5. The van der Waals surface area contributed by atoms with E-state index in [2.05, 4.69) is 31.2 Å². The number of benzene rings is 1. The van der Waals surface area contributed by atoms with E-state index in [0.29, 0.717) is 41.8 Å². The Bertz CT molecular complexity index is 2280. The van der Waals surface area contributed by atoms with Crippen molar-refractivity contribution in [3.8, 4) is 0 Å². The van der Waals surface area contributed by atoms with Gasteiger partial charge in [-0.3, -0.25) is 33.6 Å². The quantitative estimate of drug-likeness (QED) is 0.0404. The number of nitrogens with two attached hydrogens (primary N) is 1. The number of amides is 6. The fourth-order valence-corrected chi connectivity index (χ4v) is 9.94. The van der Waals surface area contributed by atoms with Gasteiger partial charge in [0, 0.05) is 62.8 Å². The first-order valence-electron chi connectivity index (χ1n) is 26.0. The first kappa shape index (κ1) is 57.5. The first-order valence-corrected chi connectivity index (χ1v) is 26.0. The normalized spacial score (nSPS) is 18.3. The molecule has 0 unspecified atom stereocenters. The van der Waals surface area contributed by atoms with Gasteiger partial charge in [-0.2, -0.15) is 4.73 Å². The molecule has 1 aromatic carbocycles. The van der Waals surface area contributed by atoms with Crippen LogP contribution in [-0.2, 0) is 52.9 Å². The largest absolute Gasteiger partial charge is 0.618 e. The van der Waals surface area contributed by atoms with Crippen LogP contribution in [0, 0.1) is 28.9 Å². The zero-order valence-corrected chi connectivity index (χ0v) is 43.0.